The van der Waals surface area contributed by atoms with Crippen LogP contribution in [0.4, 0.5) is 10.1 Å². The van der Waals surface area contributed by atoms with E-state index < -0.39 is 10.0 Å². The number of hydrogen-bond donors (Lipinski definition) is 2. The minimum absolute atomic E-state index is 0.100. The third-order valence-electron chi connectivity index (χ3n) is 5.05. The average Bonchev–Trinajstić information content (AvgIpc) is 2.72. The minimum Gasteiger partial charge on any atom is -0.369 e. The summed E-state index contributed by atoms with van der Waals surface area (Å²) in [6.45, 7) is 6.79. The lowest BCUT2D eigenvalue weighted by Crippen LogP contribution is -2.46. The molecule has 0 aromatic heterocycles. The summed E-state index contributed by atoms with van der Waals surface area (Å²) in [6, 6.07) is 13.1. The van der Waals surface area contributed by atoms with Crippen LogP contribution in [0.2, 0.25) is 0 Å². The molecule has 0 spiro atoms. The minimum atomic E-state index is -3.71. The predicted molar refractivity (Wildman–Crippen MR) is 118 cm³/mol. The summed E-state index contributed by atoms with van der Waals surface area (Å²) in [6.07, 6.45) is 0.781. The van der Waals surface area contributed by atoms with Crippen molar-refractivity contribution < 1.29 is 12.8 Å². The lowest BCUT2D eigenvalue weighted by Gasteiger charge is -2.36. The summed E-state index contributed by atoms with van der Waals surface area (Å²) in [5.74, 6) is -0.324. The van der Waals surface area contributed by atoms with E-state index in [2.05, 4.69) is 19.5 Å². The van der Waals surface area contributed by atoms with Crippen LogP contribution in [0.3, 0.4) is 0 Å². The number of hydrogen-bond acceptors (Lipinski definition) is 5. The van der Waals surface area contributed by atoms with Crippen LogP contribution in [-0.4, -0.2) is 58.5 Å². The summed E-state index contributed by atoms with van der Waals surface area (Å²) in [5.41, 5.74) is 7.77. The molecule has 3 N–H and O–H groups in total. The maximum absolute atomic E-state index is 13.1. The number of aryl methyl sites for hydroxylation is 1. The Hall–Kier alpha value is -2.65. The summed E-state index contributed by atoms with van der Waals surface area (Å²) in [5, 5.41) is 0. The molecule has 0 radical (unpaired) electrons. The number of piperazine rings is 1. The van der Waals surface area contributed by atoms with E-state index in [0.717, 1.165) is 50.4 Å². The number of nitrogens with one attached hydrogen (secondary N) is 1. The maximum atomic E-state index is 13.1. The van der Waals surface area contributed by atoms with Gasteiger partial charge in [0.05, 0.1) is 4.90 Å². The molecule has 0 atom stereocenters. The zero-order valence-corrected chi connectivity index (χ0v) is 17.9. The summed E-state index contributed by atoms with van der Waals surface area (Å²) in [7, 11) is -3.71. The highest BCUT2D eigenvalue weighted by Crippen LogP contribution is 2.17. The van der Waals surface area contributed by atoms with E-state index in [9.17, 15) is 12.8 Å². The fraction of sp³-hybridized carbons (Fsp3) is 0.381. The molecule has 1 saturated heterocycles. The molecule has 0 saturated carbocycles. The smallest absolute Gasteiger partial charge is 0.264 e. The second-order valence-electron chi connectivity index (χ2n) is 7.34. The quantitative estimate of drug-likeness (QED) is 0.396. The van der Waals surface area contributed by atoms with Crippen molar-refractivity contribution in [1.82, 2.24) is 9.62 Å². The van der Waals surface area contributed by atoms with E-state index in [4.69, 9.17) is 5.73 Å². The molecule has 3 rings (SSSR count). The number of nitrogens with two attached hydrogens (primary N) is 1. The maximum Gasteiger partial charge on any atom is 0.264 e. The molecule has 0 aliphatic carbocycles. The first kappa shape index (κ1) is 22.0. The molecule has 0 amide bonds. The lowest BCUT2D eigenvalue weighted by molar-refractivity contribution is 0.256. The van der Waals surface area contributed by atoms with Gasteiger partial charge in [-0.1, -0.05) is 17.7 Å². The van der Waals surface area contributed by atoms with Gasteiger partial charge in [-0.2, -0.15) is 0 Å². The fourth-order valence-corrected chi connectivity index (χ4v) is 4.27. The van der Waals surface area contributed by atoms with Gasteiger partial charge in [-0.05, 0) is 49.7 Å². The molecular formula is C21H28FN5O2S. The number of nitrogens with zero attached hydrogens (tertiary/aromatic N) is 3. The van der Waals surface area contributed by atoms with E-state index >= 15 is 0 Å². The number of benzene rings is 2. The molecule has 0 unspecified atom stereocenters. The Morgan fingerprint density at radius 2 is 1.70 bits per heavy atom. The second-order valence-corrected chi connectivity index (χ2v) is 9.03. The summed E-state index contributed by atoms with van der Waals surface area (Å²) >= 11 is 0. The molecular weight excluding hydrogens is 405 g/mol. The molecule has 7 nitrogen and oxygen atoms in total. The van der Waals surface area contributed by atoms with Gasteiger partial charge < -0.3 is 10.6 Å². The predicted octanol–water partition coefficient (Wildman–Crippen LogP) is 1.94. The molecule has 1 aliphatic heterocycles. The first-order valence-corrected chi connectivity index (χ1v) is 11.4. The van der Waals surface area contributed by atoms with Crippen LogP contribution in [0.15, 0.2) is 58.4 Å². The van der Waals surface area contributed by atoms with Crippen molar-refractivity contribution in [2.24, 2.45) is 10.7 Å². The van der Waals surface area contributed by atoms with Gasteiger partial charge in [0.15, 0.2) is 0 Å². The number of halogens is 1. The Morgan fingerprint density at radius 3 is 2.33 bits per heavy atom. The van der Waals surface area contributed by atoms with Crippen molar-refractivity contribution in [2.45, 2.75) is 18.2 Å². The Labute approximate surface area is 177 Å². The molecule has 30 heavy (non-hydrogen) atoms. The monoisotopic (exact) mass is 433 g/mol. The number of rotatable bonds is 7. The van der Waals surface area contributed by atoms with Crippen molar-refractivity contribution in [3.63, 3.8) is 0 Å². The van der Waals surface area contributed by atoms with Gasteiger partial charge in [0.2, 0.25) is 5.96 Å². The van der Waals surface area contributed by atoms with Crippen LogP contribution in [0.5, 0.6) is 0 Å². The average molecular weight is 434 g/mol. The normalized spacial score (nSPS) is 15.9. The highest BCUT2D eigenvalue weighted by molar-refractivity contribution is 7.90. The van der Waals surface area contributed by atoms with Crippen LogP contribution in [0, 0.1) is 12.7 Å². The van der Waals surface area contributed by atoms with E-state index in [1.54, 1.807) is 24.3 Å². The van der Waals surface area contributed by atoms with Crippen LogP contribution >= 0.6 is 0 Å². The number of anilines is 1. The lowest BCUT2D eigenvalue weighted by atomic mass is 10.2. The van der Waals surface area contributed by atoms with Crippen LogP contribution < -0.4 is 15.4 Å². The van der Waals surface area contributed by atoms with E-state index in [1.807, 2.05) is 6.92 Å². The Kier molecular flexibility index (Phi) is 7.28. The van der Waals surface area contributed by atoms with Gasteiger partial charge in [-0.15, -0.1) is 0 Å². The third kappa shape index (κ3) is 6.17. The van der Waals surface area contributed by atoms with Gasteiger partial charge in [0, 0.05) is 45.0 Å². The van der Waals surface area contributed by atoms with E-state index in [0.29, 0.717) is 6.54 Å². The van der Waals surface area contributed by atoms with Crippen LogP contribution in [-0.2, 0) is 10.0 Å². The molecule has 162 valence electrons. The van der Waals surface area contributed by atoms with Gasteiger partial charge >= 0.3 is 0 Å². The number of guanidine groups is 1. The molecule has 1 fully saturated rings. The highest BCUT2D eigenvalue weighted by Gasteiger charge is 2.17. The number of aliphatic imine (C=N–C) groups is 1. The zero-order valence-electron chi connectivity index (χ0n) is 17.1. The van der Waals surface area contributed by atoms with Gasteiger partial charge in [-0.25, -0.2) is 17.5 Å². The third-order valence-corrected chi connectivity index (χ3v) is 6.42. The van der Waals surface area contributed by atoms with E-state index in [-0.39, 0.29) is 16.7 Å². The second kappa shape index (κ2) is 9.90. The molecule has 9 heteroatoms. The summed E-state index contributed by atoms with van der Waals surface area (Å²) in [4.78, 5) is 8.87. The molecule has 0 bridgehead atoms. The first-order chi connectivity index (χ1) is 14.3. The Bertz CT molecular complexity index is 954. The fourth-order valence-electron chi connectivity index (χ4n) is 3.32. The van der Waals surface area contributed by atoms with E-state index in [1.165, 1.54) is 24.3 Å². The number of sulfonamides is 1. The van der Waals surface area contributed by atoms with Crippen molar-refractivity contribution >= 4 is 21.7 Å². The van der Waals surface area contributed by atoms with Gasteiger partial charge in [0.25, 0.3) is 10.0 Å². The van der Waals surface area contributed by atoms with Gasteiger partial charge in [0.1, 0.15) is 5.82 Å². The molecule has 1 heterocycles. The van der Waals surface area contributed by atoms with Crippen molar-refractivity contribution in [1.29, 1.82) is 0 Å². The largest absolute Gasteiger partial charge is 0.369 e. The first-order valence-electron chi connectivity index (χ1n) is 9.96. The van der Waals surface area contributed by atoms with Crippen LogP contribution in [0.25, 0.3) is 0 Å². The SMILES string of the molecule is Cc1ccc(S(=O)(=O)NC(N)=NCCCN2CCN(c3ccc(F)cc3)CC2)cc1. The van der Waals surface area contributed by atoms with Crippen molar-refractivity contribution in [2.75, 3.05) is 44.2 Å². The molecule has 2 aromatic rings. The van der Waals surface area contributed by atoms with Crippen molar-refractivity contribution in [3.05, 3.63) is 59.9 Å². The molecule has 1 aliphatic rings. The standard InChI is InChI=1S/C21H28FN5O2S/c1-17-3-9-20(10-4-17)30(28,29)25-21(23)24-11-2-12-26-13-15-27(16-14-26)19-7-5-18(22)6-8-19/h3-10H,2,11-16H2,1H3,(H3,23,24,25). The Balaban J connectivity index is 1.39. The summed E-state index contributed by atoms with van der Waals surface area (Å²) < 4.78 is 40.0. The zero-order chi connectivity index (χ0) is 21.6. The van der Waals surface area contributed by atoms with Crippen molar-refractivity contribution in [3.8, 4) is 0 Å². The highest BCUT2D eigenvalue weighted by atomic mass is 32.2. The van der Waals surface area contributed by atoms with Crippen LogP contribution in [0.1, 0.15) is 12.0 Å². The Morgan fingerprint density at radius 1 is 1.07 bits per heavy atom. The topological polar surface area (TPSA) is 91.0 Å². The van der Waals surface area contributed by atoms with Gasteiger partial charge in [-0.3, -0.25) is 9.89 Å². The molecule has 2 aromatic carbocycles.